The van der Waals surface area contributed by atoms with Crippen molar-refractivity contribution in [2.75, 3.05) is 32.8 Å². The minimum atomic E-state index is 0. The molecule has 134 valence electrons. The van der Waals surface area contributed by atoms with E-state index >= 15 is 0 Å². The lowest BCUT2D eigenvalue weighted by atomic mass is 9.94. The second-order valence-corrected chi connectivity index (χ2v) is 7.15. The van der Waals surface area contributed by atoms with E-state index in [0.717, 1.165) is 32.3 Å². The molecule has 2 heterocycles. The van der Waals surface area contributed by atoms with Gasteiger partial charge in [-0.15, -0.1) is 24.0 Å². The molecule has 2 N–H and O–H groups in total. The largest absolute Gasteiger partial charge is 0.375 e. The molecule has 0 aromatic heterocycles. The standard InChI is InChI=1S/C17H32N4O.HI/c1-14-13-20(10-11-22-14)17(18)19-12-16-8-5-9-21(16)15-6-3-2-4-7-15;/h14-16H,2-13H2,1H3,(H2,18,19);1H. The van der Waals surface area contributed by atoms with Crippen LogP contribution in [0.15, 0.2) is 4.99 Å². The molecule has 0 amide bonds. The van der Waals surface area contributed by atoms with Gasteiger partial charge in [0.25, 0.3) is 0 Å². The van der Waals surface area contributed by atoms with Crippen LogP contribution in [0.4, 0.5) is 0 Å². The van der Waals surface area contributed by atoms with Gasteiger partial charge in [0, 0.05) is 25.2 Å². The maximum Gasteiger partial charge on any atom is 0.191 e. The van der Waals surface area contributed by atoms with Gasteiger partial charge in [0.05, 0.1) is 19.3 Å². The number of nitrogens with two attached hydrogens (primary N) is 1. The minimum Gasteiger partial charge on any atom is -0.375 e. The first kappa shape index (κ1) is 19.2. The molecule has 3 fully saturated rings. The molecule has 23 heavy (non-hydrogen) atoms. The Kier molecular flexibility index (Phi) is 7.88. The average molecular weight is 436 g/mol. The normalized spacial score (nSPS) is 31.2. The van der Waals surface area contributed by atoms with Gasteiger partial charge in [-0.1, -0.05) is 19.3 Å². The molecule has 6 heteroatoms. The highest BCUT2D eigenvalue weighted by Crippen LogP contribution is 2.29. The maximum atomic E-state index is 6.21. The molecule has 1 aliphatic carbocycles. The highest BCUT2D eigenvalue weighted by atomic mass is 127. The number of hydrogen-bond donors (Lipinski definition) is 1. The van der Waals surface area contributed by atoms with Gasteiger partial charge in [0.15, 0.2) is 5.96 Å². The molecule has 2 unspecified atom stereocenters. The second kappa shape index (κ2) is 9.42. The van der Waals surface area contributed by atoms with Crippen molar-refractivity contribution in [1.82, 2.24) is 9.80 Å². The van der Waals surface area contributed by atoms with Crippen molar-refractivity contribution in [2.45, 2.75) is 70.1 Å². The van der Waals surface area contributed by atoms with Crippen LogP contribution in [-0.2, 0) is 4.74 Å². The Morgan fingerprint density at radius 2 is 1.91 bits per heavy atom. The summed E-state index contributed by atoms with van der Waals surface area (Å²) in [6.07, 6.45) is 9.88. The summed E-state index contributed by atoms with van der Waals surface area (Å²) in [4.78, 5) is 9.64. The second-order valence-electron chi connectivity index (χ2n) is 7.15. The summed E-state index contributed by atoms with van der Waals surface area (Å²) in [5, 5.41) is 0. The van der Waals surface area contributed by atoms with E-state index < -0.39 is 0 Å². The molecule has 5 nitrogen and oxygen atoms in total. The Hall–Kier alpha value is -0.0800. The Labute approximate surface area is 158 Å². The first-order valence-electron chi connectivity index (χ1n) is 9.16. The van der Waals surface area contributed by atoms with Crippen LogP contribution >= 0.6 is 24.0 Å². The fraction of sp³-hybridized carbons (Fsp3) is 0.941. The number of hydrogen-bond acceptors (Lipinski definition) is 3. The number of nitrogens with zero attached hydrogens (tertiary/aromatic N) is 3. The number of morpholine rings is 1. The van der Waals surface area contributed by atoms with Crippen molar-refractivity contribution >= 4 is 29.9 Å². The van der Waals surface area contributed by atoms with Crippen LogP contribution in [0.1, 0.15) is 51.9 Å². The van der Waals surface area contributed by atoms with Gasteiger partial charge in [0.2, 0.25) is 0 Å². The smallest absolute Gasteiger partial charge is 0.191 e. The predicted molar refractivity (Wildman–Crippen MR) is 105 cm³/mol. The molecule has 3 aliphatic rings. The lowest BCUT2D eigenvalue weighted by molar-refractivity contribution is 0.00524. The molecule has 2 saturated heterocycles. The molecular weight excluding hydrogens is 403 g/mol. The first-order chi connectivity index (χ1) is 10.7. The third-order valence-electron chi connectivity index (χ3n) is 5.50. The lowest BCUT2D eigenvalue weighted by Gasteiger charge is -2.35. The molecule has 2 atom stereocenters. The zero-order chi connectivity index (χ0) is 15.4. The Morgan fingerprint density at radius 3 is 2.65 bits per heavy atom. The molecule has 0 spiro atoms. The van der Waals surface area contributed by atoms with E-state index in [0.29, 0.717) is 12.0 Å². The Morgan fingerprint density at radius 1 is 1.13 bits per heavy atom. The quantitative estimate of drug-likeness (QED) is 0.420. The van der Waals surface area contributed by atoms with Gasteiger partial charge in [-0.25, -0.2) is 0 Å². The van der Waals surface area contributed by atoms with E-state index in [1.165, 1.54) is 51.5 Å². The molecule has 1 saturated carbocycles. The van der Waals surface area contributed by atoms with Crippen LogP contribution in [0, 0.1) is 0 Å². The molecule has 2 aliphatic heterocycles. The summed E-state index contributed by atoms with van der Waals surface area (Å²) in [7, 11) is 0. The number of ether oxygens (including phenoxy) is 1. The van der Waals surface area contributed by atoms with Crippen molar-refractivity contribution < 1.29 is 4.74 Å². The van der Waals surface area contributed by atoms with Gasteiger partial charge < -0.3 is 15.4 Å². The van der Waals surface area contributed by atoms with Gasteiger partial charge in [0.1, 0.15) is 0 Å². The summed E-state index contributed by atoms with van der Waals surface area (Å²) in [5.41, 5.74) is 6.21. The van der Waals surface area contributed by atoms with E-state index in [-0.39, 0.29) is 30.1 Å². The maximum absolute atomic E-state index is 6.21. The van der Waals surface area contributed by atoms with Crippen LogP contribution in [0.5, 0.6) is 0 Å². The summed E-state index contributed by atoms with van der Waals surface area (Å²) < 4.78 is 5.57. The van der Waals surface area contributed by atoms with E-state index in [1.54, 1.807) is 0 Å². The van der Waals surface area contributed by atoms with E-state index in [4.69, 9.17) is 15.5 Å². The summed E-state index contributed by atoms with van der Waals surface area (Å²) in [5.74, 6) is 0.714. The van der Waals surface area contributed by atoms with Gasteiger partial charge in [-0.3, -0.25) is 9.89 Å². The van der Waals surface area contributed by atoms with E-state index in [1.807, 2.05) is 0 Å². The zero-order valence-electron chi connectivity index (χ0n) is 14.5. The van der Waals surface area contributed by atoms with Gasteiger partial charge in [-0.2, -0.15) is 0 Å². The van der Waals surface area contributed by atoms with Crippen molar-refractivity contribution in [3.8, 4) is 0 Å². The van der Waals surface area contributed by atoms with Crippen LogP contribution in [0.3, 0.4) is 0 Å². The monoisotopic (exact) mass is 436 g/mol. The molecule has 0 aromatic carbocycles. The SMILES string of the molecule is CC1CN(C(N)=NCC2CCCN2C2CCCCC2)CCO1.I. The summed E-state index contributed by atoms with van der Waals surface area (Å²) in [6, 6.07) is 1.42. The first-order valence-corrected chi connectivity index (χ1v) is 9.16. The minimum absolute atomic E-state index is 0. The molecule has 0 aromatic rings. The summed E-state index contributed by atoms with van der Waals surface area (Å²) in [6.45, 7) is 6.73. The highest BCUT2D eigenvalue weighted by Gasteiger charge is 2.31. The van der Waals surface area contributed by atoms with Gasteiger partial charge >= 0.3 is 0 Å². The van der Waals surface area contributed by atoms with Crippen LogP contribution < -0.4 is 5.73 Å². The van der Waals surface area contributed by atoms with Crippen LogP contribution in [0.2, 0.25) is 0 Å². The van der Waals surface area contributed by atoms with E-state index in [2.05, 4.69) is 16.7 Å². The average Bonchev–Trinajstić information content (AvgIpc) is 3.02. The van der Waals surface area contributed by atoms with E-state index in [9.17, 15) is 0 Å². The number of guanidine groups is 1. The molecule has 0 bridgehead atoms. The topological polar surface area (TPSA) is 54.1 Å². The van der Waals surface area contributed by atoms with Crippen molar-refractivity contribution in [1.29, 1.82) is 0 Å². The molecule has 0 radical (unpaired) electrons. The predicted octanol–water partition coefficient (Wildman–Crippen LogP) is 2.44. The number of aliphatic imine (C=N–C) groups is 1. The van der Waals surface area contributed by atoms with Crippen molar-refractivity contribution in [2.24, 2.45) is 10.7 Å². The third-order valence-corrected chi connectivity index (χ3v) is 5.50. The lowest BCUT2D eigenvalue weighted by Crippen LogP contribution is -2.48. The fourth-order valence-corrected chi connectivity index (χ4v) is 4.27. The number of likely N-dealkylation sites (tertiary alicyclic amines) is 1. The summed E-state index contributed by atoms with van der Waals surface area (Å²) >= 11 is 0. The van der Waals surface area contributed by atoms with Crippen molar-refractivity contribution in [3.63, 3.8) is 0 Å². The number of halogens is 1. The Balaban J connectivity index is 0.00000192. The zero-order valence-corrected chi connectivity index (χ0v) is 16.8. The Bertz CT molecular complexity index is 387. The van der Waals surface area contributed by atoms with Crippen LogP contribution in [-0.4, -0.2) is 66.7 Å². The molecular formula is C17H33IN4O. The third kappa shape index (κ3) is 5.19. The van der Waals surface area contributed by atoms with Crippen LogP contribution in [0.25, 0.3) is 0 Å². The van der Waals surface area contributed by atoms with Gasteiger partial charge in [-0.05, 0) is 39.2 Å². The van der Waals surface area contributed by atoms with Crippen molar-refractivity contribution in [3.05, 3.63) is 0 Å². The number of rotatable bonds is 3. The fourth-order valence-electron chi connectivity index (χ4n) is 4.27. The molecule has 3 rings (SSSR count). The highest BCUT2D eigenvalue weighted by molar-refractivity contribution is 14.0.